The van der Waals surface area contributed by atoms with Crippen LogP contribution in [0, 0.1) is 0 Å². The molecule has 0 fully saturated rings. The normalized spacial score (nSPS) is 29.7. The molecule has 0 saturated heterocycles. The maximum Gasteiger partial charge on any atom is 0.177 e. The Morgan fingerprint density at radius 1 is 1.67 bits per heavy atom. The number of ether oxygens (including phenoxy) is 2. The molecule has 0 amide bonds. The second-order valence-electron chi connectivity index (χ2n) is 3.16. The predicted molar refractivity (Wildman–Crippen MR) is 45.7 cm³/mol. The highest BCUT2D eigenvalue weighted by Crippen LogP contribution is 2.13. The molecule has 0 aromatic heterocycles. The van der Waals surface area contributed by atoms with Gasteiger partial charge in [-0.1, -0.05) is 6.08 Å². The number of aliphatic hydroxyl groups excluding tert-OH is 1. The lowest BCUT2D eigenvalue weighted by Gasteiger charge is -2.25. The molecule has 2 atom stereocenters. The van der Waals surface area contributed by atoms with E-state index in [1.807, 2.05) is 26.0 Å². The van der Waals surface area contributed by atoms with E-state index < -0.39 is 0 Å². The third-order valence-corrected chi connectivity index (χ3v) is 1.63. The summed E-state index contributed by atoms with van der Waals surface area (Å²) < 4.78 is 10.8. The molecule has 12 heavy (non-hydrogen) atoms. The molecule has 1 aliphatic heterocycles. The van der Waals surface area contributed by atoms with E-state index in [0.29, 0.717) is 0 Å². The van der Waals surface area contributed by atoms with Gasteiger partial charge in [0.1, 0.15) is 0 Å². The second kappa shape index (κ2) is 4.60. The molecule has 1 rings (SSSR count). The van der Waals surface area contributed by atoms with Gasteiger partial charge in [-0.05, 0) is 26.3 Å². The Labute approximate surface area is 73.0 Å². The quantitative estimate of drug-likeness (QED) is 0.647. The van der Waals surface area contributed by atoms with Crippen molar-refractivity contribution in [3.8, 4) is 0 Å². The van der Waals surface area contributed by atoms with Crippen molar-refractivity contribution in [3.05, 3.63) is 12.2 Å². The third-order valence-electron chi connectivity index (χ3n) is 1.63. The first-order chi connectivity index (χ1) is 5.72. The maximum atomic E-state index is 8.83. The first kappa shape index (κ1) is 9.71. The molecule has 0 aliphatic carbocycles. The molecule has 1 unspecified atom stereocenters. The average Bonchev–Trinajstić information content (AvgIpc) is 2.03. The summed E-state index contributed by atoms with van der Waals surface area (Å²) in [7, 11) is 0. The minimum atomic E-state index is -0.282. The lowest BCUT2D eigenvalue weighted by molar-refractivity contribution is -0.172. The average molecular weight is 172 g/mol. The third kappa shape index (κ3) is 2.93. The van der Waals surface area contributed by atoms with E-state index in [1.54, 1.807) is 0 Å². The van der Waals surface area contributed by atoms with Crippen molar-refractivity contribution < 1.29 is 14.6 Å². The molecule has 70 valence electrons. The molecule has 3 heteroatoms. The van der Waals surface area contributed by atoms with Crippen molar-refractivity contribution in [2.75, 3.05) is 6.61 Å². The number of hydrogen-bond acceptors (Lipinski definition) is 3. The summed E-state index contributed by atoms with van der Waals surface area (Å²) in [6.45, 7) is 3.97. The van der Waals surface area contributed by atoms with Crippen LogP contribution in [0.4, 0.5) is 0 Å². The highest BCUT2D eigenvalue weighted by molar-refractivity contribution is 4.92. The summed E-state index contributed by atoms with van der Waals surface area (Å²) in [6.07, 6.45) is 4.41. The van der Waals surface area contributed by atoms with E-state index in [-0.39, 0.29) is 25.1 Å². The molecule has 0 aromatic rings. The Hall–Kier alpha value is -0.380. The summed E-state index contributed by atoms with van der Waals surface area (Å²) in [4.78, 5) is 0. The van der Waals surface area contributed by atoms with Gasteiger partial charge in [-0.3, -0.25) is 0 Å². The molecule has 0 bridgehead atoms. The van der Waals surface area contributed by atoms with E-state index >= 15 is 0 Å². The van der Waals surface area contributed by atoms with Crippen LogP contribution >= 0.6 is 0 Å². The maximum absolute atomic E-state index is 8.83. The van der Waals surface area contributed by atoms with E-state index in [4.69, 9.17) is 14.6 Å². The Bertz CT molecular complexity index is 154. The van der Waals surface area contributed by atoms with Crippen LogP contribution in [-0.4, -0.2) is 30.2 Å². The number of aliphatic hydroxyl groups is 1. The SMILES string of the molecule is CC(C)OC1C=CC[C@H](CO)O1. The molecule has 0 spiro atoms. The van der Waals surface area contributed by atoms with Crippen LogP contribution < -0.4 is 0 Å². The van der Waals surface area contributed by atoms with Gasteiger partial charge < -0.3 is 14.6 Å². The fourth-order valence-electron chi connectivity index (χ4n) is 1.10. The molecule has 1 aliphatic rings. The molecule has 1 N–H and O–H groups in total. The Balaban J connectivity index is 2.35. The minimum Gasteiger partial charge on any atom is -0.394 e. The van der Waals surface area contributed by atoms with E-state index in [1.165, 1.54) is 0 Å². The Kier molecular flexibility index (Phi) is 3.72. The molecular weight excluding hydrogens is 156 g/mol. The standard InChI is InChI=1S/C9H16O3/c1-7(2)11-9-5-3-4-8(6-10)12-9/h3,5,7-10H,4,6H2,1-2H3/t8-,9?/m1/s1. The zero-order chi connectivity index (χ0) is 8.97. The van der Waals surface area contributed by atoms with Gasteiger partial charge in [-0.2, -0.15) is 0 Å². The van der Waals surface area contributed by atoms with Crippen LogP contribution in [0.1, 0.15) is 20.3 Å². The summed E-state index contributed by atoms with van der Waals surface area (Å²) in [5, 5.41) is 8.83. The van der Waals surface area contributed by atoms with Crippen LogP contribution in [0.15, 0.2) is 12.2 Å². The van der Waals surface area contributed by atoms with Crippen LogP contribution in [0.25, 0.3) is 0 Å². The topological polar surface area (TPSA) is 38.7 Å². The summed E-state index contributed by atoms with van der Waals surface area (Å²) >= 11 is 0. The van der Waals surface area contributed by atoms with Gasteiger partial charge in [0.05, 0.1) is 18.8 Å². The largest absolute Gasteiger partial charge is 0.394 e. The van der Waals surface area contributed by atoms with Crippen LogP contribution in [0.3, 0.4) is 0 Å². The summed E-state index contributed by atoms with van der Waals surface area (Å²) in [5.41, 5.74) is 0. The van der Waals surface area contributed by atoms with E-state index in [0.717, 1.165) is 6.42 Å². The smallest absolute Gasteiger partial charge is 0.177 e. The van der Waals surface area contributed by atoms with Gasteiger partial charge in [-0.25, -0.2) is 0 Å². The fourth-order valence-corrected chi connectivity index (χ4v) is 1.10. The Morgan fingerprint density at radius 3 is 3.00 bits per heavy atom. The lowest BCUT2D eigenvalue weighted by atomic mass is 10.2. The van der Waals surface area contributed by atoms with Crippen molar-refractivity contribution in [3.63, 3.8) is 0 Å². The molecule has 0 saturated carbocycles. The van der Waals surface area contributed by atoms with Crippen LogP contribution in [0.5, 0.6) is 0 Å². The van der Waals surface area contributed by atoms with Gasteiger partial charge in [0.25, 0.3) is 0 Å². The first-order valence-electron chi connectivity index (χ1n) is 4.31. The molecule has 1 heterocycles. The van der Waals surface area contributed by atoms with E-state index in [9.17, 15) is 0 Å². The van der Waals surface area contributed by atoms with Crippen molar-refractivity contribution in [1.29, 1.82) is 0 Å². The zero-order valence-corrected chi connectivity index (χ0v) is 7.56. The van der Waals surface area contributed by atoms with Gasteiger partial charge in [0.2, 0.25) is 0 Å². The van der Waals surface area contributed by atoms with Gasteiger partial charge in [0.15, 0.2) is 6.29 Å². The molecular formula is C9H16O3. The predicted octanol–water partition coefficient (Wildman–Crippen LogP) is 1.07. The van der Waals surface area contributed by atoms with Gasteiger partial charge in [0, 0.05) is 0 Å². The van der Waals surface area contributed by atoms with Gasteiger partial charge >= 0.3 is 0 Å². The monoisotopic (exact) mass is 172 g/mol. The lowest BCUT2D eigenvalue weighted by Crippen LogP contribution is -2.30. The highest BCUT2D eigenvalue weighted by atomic mass is 16.7. The van der Waals surface area contributed by atoms with E-state index in [2.05, 4.69) is 0 Å². The van der Waals surface area contributed by atoms with Crippen LogP contribution in [-0.2, 0) is 9.47 Å². The van der Waals surface area contributed by atoms with Crippen molar-refractivity contribution >= 4 is 0 Å². The summed E-state index contributed by atoms with van der Waals surface area (Å²) in [5.74, 6) is 0. The van der Waals surface area contributed by atoms with Crippen molar-refractivity contribution in [1.82, 2.24) is 0 Å². The summed E-state index contributed by atoms with van der Waals surface area (Å²) in [6, 6.07) is 0. The zero-order valence-electron chi connectivity index (χ0n) is 7.56. The molecule has 0 radical (unpaired) electrons. The number of hydrogen-bond donors (Lipinski definition) is 1. The van der Waals surface area contributed by atoms with Crippen molar-refractivity contribution in [2.45, 2.75) is 38.8 Å². The first-order valence-corrected chi connectivity index (χ1v) is 4.31. The van der Waals surface area contributed by atoms with Crippen LogP contribution in [0.2, 0.25) is 0 Å². The molecule has 3 nitrogen and oxygen atoms in total. The second-order valence-corrected chi connectivity index (χ2v) is 3.16. The fraction of sp³-hybridized carbons (Fsp3) is 0.778. The Morgan fingerprint density at radius 2 is 2.42 bits per heavy atom. The highest BCUT2D eigenvalue weighted by Gasteiger charge is 2.18. The molecule has 0 aromatic carbocycles. The number of rotatable bonds is 3. The van der Waals surface area contributed by atoms with Crippen molar-refractivity contribution in [2.24, 2.45) is 0 Å². The van der Waals surface area contributed by atoms with Gasteiger partial charge in [-0.15, -0.1) is 0 Å². The minimum absolute atomic E-state index is 0.0578.